The first-order valence-corrected chi connectivity index (χ1v) is 5.41. The highest BCUT2D eigenvalue weighted by Gasteiger charge is 2.39. The Morgan fingerprint density at radius 1 is 1.31 bits per heavy atom. The van der Waals surface area contributed by atoms with Crippen molar-refractivity contribution in [1.29, 1.82) is 0 Å². The molecule has 0 radical (unpaired) electrons. The highest BCUT2D eigenvalue weighted by molar-refractivity contribution is 4.95. The fourth-order valence-electron chi connectivity index (χ4n) is 2.42. The molecule has 0 aliphatic heterocycles. The minimum atomic E-state index is 0.00424. The molecule has 1 saturated carbocycles. The molecule has 0 aromatic carbocycles. The lowest BCUT2D eigenvalue weighted by molar-refractivity contribution is -0.0301. The first-order valence-electron chi connectivity index (χ1n) is 5.41. The van der Waals surface area contributed by atoms with E-state index >= 15 is 0 Å². The molecule has 2 nitrogen and oxygen atoms in total. The van der Waals surface area contributed by atoms with Gasteiger partial charge >= 0.3 is 0 Å². The van der Waals surface area contributed by atoms with Crippen molar-refractivity contribution in [1.82, 2.24) is 0 Å². The highest BCUT2D eigenvalue weighted by Crippen LogP contribution is 2.36. The Bertz CT molecular complexity index is 150. The van der Waals surface area contributed by atoms with Crippen LogP contribution in [0.25, 0.3) is 0 Å². The second-order valence-corrected chi connectivity index (χ2v) is 4.71. The standard InChI is InChI=1S/C11H23NO/c1-9(2)8-10(12)11(13-3)6-4-5-7-11/h9-10H,4-8,12H2,1-3H3. The summed E-state index contributed by atoms with van der Waals surface area (Å²) in [6, 6.07) is 0.222. The molecule has 1 rings (SSSR count). The number of ether oxygens (including phenoxy) is 1. The smallest absolute Gasteiger partial charge is 0.0828 e. The van der Waals surface area contributed by atoms with Gasteiger partial charge in [-0.2, -0.15) is 0 Å². The Hall–Kier alpha value is -0.0800. The van der Waals surface area contributed by atoms with E-state index in [1.54, 1.807) is 0 Å². The number of methoxy groups -OCH3 is 1. The van der Waals surface area contributed by atoms with E-state index in [9.17, 15) is 0 Å². The summed E-state index contributed by atoms with van der Waals surface area (Å²) in [6.07, 6.45) is 5.93. The van der Waals surface area contributed by atoms with Crippen LogP contribution in [0.1, 0.15) is 46.0 Å². The van der Waals surface area contributed by atoms with Crippen molar-refractivity contribution < 1.29 is 4.74 Å². The van der Waals surface area contributed by atoms with Crippen molar-refractivity contribution >= 4 is 0 Å². The second-order valence-electron chi connectivity index (χ2n) is 4.71. The lowest BCUT2D eigenvalue weighted by Gasteiger charge is -2.34. The predicted molar refractivity (Wildman–Crippen MR) is 55.6 cm³/mol. The van der Waals surface area contributed by atoms with Crippen LogP contribution in [0.15, 0.2) is 0 Å². The third kappa shape index (κ3) is 2.44. The van der Waals surface area contributed by atoms with Gasteiger partial charge in [-0.15, -0.1) is 0 Å². The van der Waals surface area contributed by atoms with Gasteiger partial charge in [-0.25, -0.2) is 0 Å². The van der Waals surface area contributed by atoms with Gasteiger partial charge < -0.3 is 10.5 Å². The Labute approximate surface area is 81.8 Å². The molecule has 0 amide bonds. The van der Waals surface area contributed by atoms with Crippen LogP contribution in [-0.4, -0.2) is 18.8 Å². The van der Waals surface area contributed by atoms with Crippen molar-refractivity contribution in [3.63, 3.8) is 0 Å². The van der Waals surface area contributed by atoms with Crippen molar-refractivity contribution in [3.8, 4) is 0 Å². The summed E-state index contributed by atoms with van der Waals surface area (Å²) in [5, 5.41) is 0. The van der Waals surface area contributed by atoms with Crippen LogP contribution in [0.5, 0.6) is 0 Å². The molecule has 0 bridgehead atoms. The van der Waals surface area contributed by atoms with Crippen molar-refractivity contribution in [2.24, 2.45) is 11.7 Å². The first-order chi connectivity index (χ1) is 6.10. The summed E-state index contributed by atoms with van der Waals surface area (Å²) >= 11 is 0. The summed E-state index contributed by atoms with van der Waals surface area (Å²) < 4.78 is 5.64. The van der Waals surface area contributed by atoms with Crippen LogP contribution in [0.2, 0.25) is 0 Å². The summed E-state index contributed by atoms with van der Waals surface area (Å²) in [6.45, 7) is 4.44. The van der Waals surface area contributed by atoms with E-state index in [1.165, 1.54) is 12.8 Å². The first kappa shape index (κ1) is 11.0. The lowest BCUT2D eigenvalue weighted by Crippen LogP contribution is -2.48. The molecule has 1 aliphatic carbocycles. The van der Waals surface area contributed by atoms with Crippen LogP contribution in [0, 0.1) is 5.92 Å². The minimum Gasteiger partial charge on any atom is -0.377 e. The normalized spacial score (nSPS) is 23.8. The highest BCUT2D eigenvalue weighted by atomic mass is 16.5. The molecule has 1 fully saturated rings. The van der Waals surface area contributed by atoms with E-state index < -0.39 is 0 Å². The molecule has 0 saturated heterocycles. The van der Waals surface area contributed by atoms with Crippen molar-refractivity contribution in [2.75, 3.05) is 7.11 Å². The quantitative estimate of drug-likeness (QED) is 0.729. The Balaban J connectivity index is 2.54. The van der Waals surface area contributed by atoms with E-state index in [0.717, 1.165) is 19.3 Å². The molecule has 2 N–H and O–H groups in total. The molecule has 0 aromatic rings. The molecule has 2 heteroatoms. The third-order valence-corrected chi connectivity index (χ3v) is 3.26. The largest absolute Gasteiger partial charge is 0.377 e. The van der Waals surface area contributed by atoms with E-state index in [0.29, 0.717) is 5.92 Å². The Morgan fingerprint density at radius 2 is 1.85 bits per heavy atom. The summed E-state index contributed by atoms with van der Waals surface area (Å²) in [4.78, 5) is 0. The predicted octanol–water partition coefficient (Wildman–Crippen LogP) is 2.32. The number of rotatable bonds is 4. The van der Waals surface area contributed by atoms with Crippen LogP contribution in [-0.2, 0) is 4.74 Å². The van der Waals surface area contributed by atoms with Gasteiger partial charge in [0.1, 0.15) is 0 Å². The second kappa shape index (κ2) is 4.43. The van der Waals surface area contributed by atoms with Crippen LogP contribution >= 0.6 is 0 Å². The molecule has 0 aromatic heterocycles. The van der Waals surface area contributed by atoms with Gasteiger partial charge in [0.15, 0.2) is 0 Å². The van der Waals surface area contributed by atoms with Crippen LogP contribution in [0.4, 0.5) is 0 Å². The van der Waals surface area contributed by atoms with E-state index in [2.05, 4.69) is 13.8 Å². The van der Waals surface area contributed by atoms with Crippen LogP contribution in [0.3, 0.4) is 0 Å². The molecule has 0 spiro atoms. The zero-order valence-electron chi connectivity index (χ0n) is 9.18. The van der Waals surface area contributed by atoms with Gasteiger partial charge in [0.25, 0.3) is 0 Å². The Kier molecular flexibility index (Phi) is 3.74. The maximum atomic E-state index is 6.20. The van der Waals surface area contributed by atoms with E-state index in [-0.39, 0.29) is 11.6 Å². The molecule has 13 heavy (non-hydrogen) atoms. The fraction of sp³-hybridized carbons (Fsp3) is 1.00. The van der Waals surface area contributed by atoms with Gasteiger partial charge in [-0.1, -0.05) is 26.7 Å². The van der Waals surface area contributed by atoms with Crippen molar-refractivity contribution in [2.45, 2.75) is 57.6 Å². The summed E-state index contributed by atoms with van der Waals surface area (Å²) in [7, 11) is 1.81. The van der Waals surface area contributed by atoms with E-state index in [4.69, 9.17) is 10.5 Å². The molecule has 1 atom stereocenters. The molecular weight excluding hydrogens is 162 g/mol. The van der Waals surface area contributed by atoms with Gasteiger partial charge in [0, 0.05) is 13.2 Å². The van der Waals surface area contributed by atoms with Gasteiger partial charge in [-0.05, 0) is 25.2 Å². The average molecular weight is 185 g/mol. The number of hydrogen-bond donors (Lipinski definition) is 1. The molecular formula is C11H23NO. The van der Waals surface area contributed by atoms with Crippen molar-refractivity contribution in [3.05, 3.63) is 0 Å². The van der Waals surface area contributed by atoms with Gasteiger partial charge in [0.2, 0.25) is 0 Å². The van der Waals surface area contributed by atoms with Gasteiger partial charge in [-0.3, -0.25) is 0 Å². The molecule has 0 heterocycles. The van der Waals surface area contributed by atoms with Gasteiger partial charge in [0.05, 0.1) is 5.60 Å². The third-order valence-electron chi connectivity index (χ3n) is 3.26. The maximum absolute atomic E-state index is 6.20. The lowest BCUT2D eigenvalue weighted by atomic mass is 9.87. The monoisotopic (exact) mass is 185 g/mol. The SMILES string of the molecule is COC1(C(N)CC(C)C)CCCC1. The molecule has 1 unspecified atom stereocenters. The topological polar surface area (TPSA) is 35.2 Å². The molecule has 1 aliphatic rings. The molecule has 78 valence electrons. The zero-order chi connectivity index (χ0) is 9.90. The number of nitrogens with two attached hydrogens (primary N) is 1. The zero-order valence-corrected chi connectivity index (χ0v) is 9.18. The maximum Gasteiger partial charge on any atom is 0.0828 e. The fourth-order valence-corrected chi connectivity index (χ4v) is 2.42. The van der Waals surface area contributed by atoms with Crippen LogP contribution < -0.4 is 5.73 Å². The van der Waals surface area contributed by atoms with E-state index in [1.807, 2.05) is 7.11 Å². The number of hydrogen-bond acceptors (Lipinski definition) is 2. The summed E-state index contributed by atoms with van der Waals surface area (Å²) in [5.74, 6) is 0.669. The average Bonchev–Trinajstić information content (AvgIpc) is 2.51. The minimum absolute atomic E-state index is 0.00424. The Morgan fingerprint density at radius 3 is 2.23 bits per heavy atom. The summed E-state index contributed by atoms with van der Waals surface area (Å²) in [5.41, 5.74) is 6.20.